The second-order valence-electron chi connectivity index (χ2n) is 35.8. The maximum absolute atomic E-state index is 7.19. The summed E-state index contributed by atoms with van der Waals surface area (Å²) in [5, 5.41) is 9.47. The van der Waals surface area contributed by atoms with Gasteiger partial charge in [0.1, 0.15) is 22.7 Å². The highest BCUT2D eigenvalue weighted by atomic mass is 32.2. The normalized spacial score (nSPS) is 15.4. The van der Waals surface area contributed by atoms with Crippen LogP contribution >= 0.6 is 23.1 Å². The number of thiophene rings is 1. The Labute approximate surface area is 749 Å². The molecule has 0 fully saturated rings. The Morgan fingerprint density at radius 1 is 0.258 bits per heavy atom. The average molecular weight is 1670 g/mol. The van der Waals surface area contributed by atoms with Gasteiger partial charge in [-0.05, 0) is 254 Å². The van der Waals surface area contributed by atoms with Gasteiger partial charge in [0.05, 0.1) is 38.7 Å². The van der Waals surface area contributed by atoms with Gasteiger partial charge in [-0.3, -0.25) is 0 Å². The second-order valence-corrected chi connectivity index (χ2v) is 38.0. The molecule has 128 heavy (non-hydrogen) atoms. The van der Waals surface area contributed by atoms with E-state index in [1.165, 1.54) is 163 Å². The van der Waals surface area contributed by atoms with Gasteiger partial charge < -0.3 is 19.0 Å². The van der Waals surface area contributed by atoms with Gasteiger partial charge in [-0.1, -0.05) is 335 Å². The molecule has 1 unspecified atom stereocenters. The molecule has 28 rings (SSSR count). The summed E-state index contributed by atoms with van der Waals surface area (Å²) in [5.74, 6) is 1.69. The highest BCUT2D eigenvalue weighted by molar-refractivity contribution is 7.99. The van der Waals surface area contributed by atoms with Gasteiger partial charge in [0.2, 0.25) is 0 Å². The predicted molar refractivity (Wildman–Crippen MR) is 530 cm³/mol. The van der Waals surface area contributed by atoms with E-state index >= 15 is 0 Å². The number of furan rings is 1. The van der Waals surface area contributed by atoms with Crippen LogP contribution < -0.4 is 14.5 Å². The third-order valence-corrected chi connectivity index (χ3v) is 31.7. The minimum Gasteiger partial charge on any atom is -0.457 e. The summed E-state index contributed by atoms with van der Waals surface area (Å²) in [6.45, 7) is 4.93. The zero-order valence-electron chi connectivity index (χ0n) is 69.9. The molecule has 0 amide bonds. The number of para-hydroxylation sites is 2. The van der Waals surface area contributed by atoms with Crippen LogP contribution in [0.2, 0.25) is 0 Å². The fourth-order valence-corrected chi connectivity index (χ4v) is 26.7. The van der Waals surface area contributed by atoms with Crippen molar-refractivity contribution in [1.29, 1.82) is 0 Å². The molecule has 2 aliphatic heterocycles. The third kappa shape index (κ3) is 9.54. The van der Waals surface area contributed by atoms with Crippen molar-refractivity contribution in [2.45, 2.75) is 45.3 Å². The van der Waals surface area contributed by atoms with Crippen LogP contribution in [0.3, 0.4) is 0 Å². The molecule has 6 heteroatoms. The van der Waals surface area contributed by atoms with E-state index in [4.69, 9.17) is 9.15 Å². The van der Waals surface area contributed by atoms with Gasteiger partial charge in [-0.15, -0.1) is 11.3 Å². The highest BCUT2D eigenvalue weighted by Gasteiger charge is 2.54. The van der Waals surface area contributed by atoms with E-state index in [1.54, 1.807) is 0 Å². The second kappa shape index (κ2) is 26.6. The first-order valence-corrected chi connectivity index (χ1v) is 46.0. The monoisotopic (exact) mass is 1660 g/mol. The lowest BCUT2D eigenvalue weighted by Crippen LogP contribution is -2.32. The molecule has 4 nitrogen and oxygen atoms in total. The van der Waals surface area contributed by atoms with Gasteiger partial charge in [0, 0.05) is 74.5 Å². The smallest absolute Gasteiger partial charge is 0.137 e. The lowest BCUT2D eigenvalue weighted by molar-refractivity contribution is 0.436. The van der Waals surface area contributed by atoms with Crippen molar-refractivity contribution < 1.29 is 9.15 Å². The summed E-state index contributed by atoms with van der Waals surface area (Å²) < 4.78 is 16.6. The summed E-state index contributed by atoms with van der Waals surface area (Å²) in [6.07, 6.45) is 0. The summed E-state index contributed by atoms with van der Waals surface area (Å²) in [4.78, 5) is 7.70. The van der Waals surface area contributed by atoms with Crippen LogP contribution in [0, 0.1) is 0 Å². The molecule has 1 atom stereocenters. The fourth-order valence-electron chi connectivity index (χ4n) is 24.4. The molecule has 4 heterocycles. The molecule has 6 aliphatic rings. The molecule has 0 saturated carbocycles. The van der Waals surface area contributed by atoms with Crippen molar-refractivity contribution in [3.05, 3.63) is 503 Å². The van der Waals surface area contributed by atoms with Gasteiger partial charge >= 0.3 is 0 Å². The summed E-state index contributed by atoms with van der Waals surface area (Å²) in [6, 6.07) is 161. The summed E-state index contributed by atoms with van der Waals surface area (Å²) in [5.41, 5.74) is 35.4. The van der Waals surface area contributed by atoms with E-state index in [9.17, 15) is 0 Å². The average Bonchev–Trinajstić information content (AvgIpc) is 1.60. The lowest BCUT2D eigenvalue weighted by Gasteiger charge is -2.40. The standard InChI is InChI=1S/C122H76N2O2S2/c1-119(2)100-70-78(123(106-49-27-55-114-117(106)91-37-13-22-53-111(91)127-114)79-62-67-113-103(72-79)122(98-45-19-23-54-112(98)128-113)95-42-16-10-34-85(95)86-35-11-17-43-96(86)122)60-63-87(100)89-65-64-82-81(38-24-39-88(82)118(89)119)73-56-58-77(59-57-73)120(76-30-4-3-5-31-76)99-46-25-47-104(115(99)92-68-74-28-6-7-29-75(74)69-101(92)120)124(105-48-26-52-110-116(105)90-36-12-20-50-107(90)125-110)80-61-66-109-102(71-80)121(97-44-18-21-51-108(97)126-109)93-40-14-8-32-83(93)84-33-9-15-41-94(84)121/h3-72H,1-2H3. The van der Waals surface area contributed by atoms with Crippen molar-refractivity contribution in [3.63, 3.8) is 0 Å². The van der Waals surface area contributed by atoms with Gasteiger partial charge in [0.15, 0.2) is 0 Å². The number of ether oxygens (including phenoxy) is 1. The molecule has 4 aliphatic carbocycles. The minimum atomic E-state index is -0.811. The molecular weight excluding hydrogens is 1590 g/mol. The van der Waals surface area contributed by atoms with Gasteiger partial charge in [-0.25, -0.2) is 0 Å². The Morgan fingerprint density at radius 3 is 1.52 bits per heavy atom. The molecular formula is C122H76N2O2S2. The first kappa shape index (κ1) is 72.0. The summed E-state index contributed by atoms with van der Waals surface area (Å²) >= 11 is 3.77. The van der Waals surface area contributed by atoms with Crippen molar-refractivity contribution in [2.75, 3.05) is 9.80 Å². The molecule has 0 radical (unpaired) electrons. The molecule has 2 aromatic heterocycles. The predicted octanol–water partition coefficient (Wildman–Crippen LogP) is 32.8. The zero-order chi connectivity index (χ0) is 84.0. The Hall–Kier alpha value is -15.3. The molecule has 2 spiro atoms. The molecule has 0 saturated heterocycles. The number of benzene rings is 20. The number of anilines is 6. The van der Waals surface area contributed by atoms with E-state index in [0.717, 1.165) is 89.8 Å². The third-order valence-electron chi connectivity index (χ3n) is 29.4. The Kier molecular flexibility index (Phi) is 15.0. The fraction of sp³-hybridized carbons (Fsp3) is 0.0492. The molecule has 0 N–H and O–H groups in total. The number of fused-ring (bicyclic) bond motifs is 33. The van der Waals surface area contributed by atoms with E-state index in [0.29, 0.717) is 0 Å². The van der Waals surface area contributed by atoms with Crippen LogP contribution in [0.1, 0.15) is 91.7 Å². The van der Waals surface area contributed by atoms with Crippen molar-refractivity contribution in [1.82, 2.24) is 0 Å². The Balaban J connectivity index is 0.605. The van der Waals surface area contributed by atoms with E-state index in [1.807, 2.05) is 23.1 Å². The molecule has 598 valence electrons. The highest BCUT2D eigenvalue weighted by Crippen LogP contribution is 2.68. The number of nitrogens with zero attached hydrogens (tertiary/aromatic N) is 2. The quantitative estimate of drug-likeness (QED) is 0.144. The first-order valence-electron chi connectivity index (χ1n) is 44.4. The maximum Gasteiger partial charge on any atom is 0.137 e. The van der Waals surface area contributed by atoms with Crippen LogP contribution in [-0.4, -0.2) is 0 Å². The van der Waals surface area contributed by atoms with Crippen LogP contribution in [0.5, 0.6) is 11.5 Å². The lowest BCUT2D eigenvalue weighted by atomic mass is 9.66. The number of rotatable bonds is 9. The first-order chi connectivity index (χ1) is 63.2. The van der Waals surface area contributed by atoms with E-state index < -0.39 is 21.7 Å². The minimum absolute atomic E-state index is 0.410. The summed E-state index contributed by atoms with van der Waals surface area (Å²) in [7, 11) is 0. The topological polar surface area (TPSA) is 28.9 Å². The molecule has 20 aromatic carbocycles. The van der Waals surface area contributed by atoms with Crippen molar-refractivity contribution >= 4 is 121 Å². The zero-order valence-corrected chi connectivity index (χ0v) is 71.6. The number of hydrogen-bond acceptors (Lipinski definition) is 6. The van der Waals surface area contributed by atoms with Crippen LogP contribution in [0.15, 0.2) is 439 Å². The largest absolute Gasteiger partial charge is 0.457 e. The Morgan fingerprint density at radius 2 is 0.758 bits per heavy atom. The van der Waals surface area contributed by atoms with Crippen LogP contribution in [0.25, 0.3) is 119 Å². The van der Waals surface area contributed by atoms with Gasteiger partial charge in [-0.2, -0.15) is 0 Å². The molecule has 22 aromatic rings. The number of hydrogen-bond donors (Lipinski definition) is 0. The van der Waals surface area contributed by atoms with Gasteiger partial charge in [0.25, 0.3) is 0 Å². The SMILES string of the molecule is CC1(C)c2cc(N(c3ccc4c(c3)C3(c5ccccc5S4)c4ccccc4-c4ccccc43)c3cccc4sc5ccccc5c34)ccc2-c2ccc3c(-c4ccc(C5(c6ccccc6)c6cc7ccccc7cc6-c6c(N(c7ccc8c(c7)C7(c9ccccc9O8)c8ccccc8-c8ccccc87)c7cccc8oc9ccccc9c78)cccc65)cc4)cccc3c21. The van der Waals surface area contributed by atoms with Crippen LogP contribution in [0.4, 0.5) is 34.1 Å². The van der Waals surface area contributed by atoms with Crippen molar-refractivity contribution in [3.8, 4) is 67.1 Å². The van der Waals surface area contributed by atoms with Crippen LogP contribution in [-0.2, 0) is 21.7 Å². The van der Waals surface area contributed by atoms with Crippen molar-refractivity contribution in [2.24, 2.45) is 0 Å². The van der Waals surface area contributed by atoms with E-state index in [2.05, 4.69) is 448 Å². The molecule has 0 bridgehead atoms. The Bertz CT molecular complexity index is 8510. The maximum atomic E-state index is 7.19. The van der Waals surface area contributed by atoms with E-state index in [-0.39, 0.29) is 0 Å².